The van der Waals surface area contributed by atoms with Crippen molar-refractivity contribution in [1.82, 2.24) is 5.32 Å². The Morgan fingerprint density at radius 1 is 1.67 bits per heavy atom. The van der Waals surface area contributed by atoms with E-state index in [-0.39, 0.29) is 17.8 Å². The number of rotatable bonds is 6. The topological polar surface area (TPSA) is 49.3 Å². The van der Waals surface area contributed by atoms with Gasteiger partial charge in [-0.2, -0.15) is 0 Å². The summed E-state index contributed by atoms with van der Waals surface area (Å²) in [5, 5.41) is 12.0. The molecular formula is C11H21NO2S. The molecule has 1 rings (SSSR count). The van der Waals surface area contributed by atoms with Crippen LogP contribution in [-0.2, 0) is 4.79 Å². The molecule has 0 aromatic heterocycles. The van der Waals surface area contributed by atoms with Crippen molar-refractivity contribution in [2.24, 2.45) is 5.92 Å². The number of aliphatic hydroxyl groups excluding tert-OH is 1. The molecule has 1 heterocycles. The molecule has 0 bridgehead atoms. The minimum absolute atomic E-state index is 0.195. The van der Waals surface area contributed by atoms with E-state index in [2.05, 4.69) is 5.32 Å². The van der Waals surface area contributed by atoms with Gasteiger partial charge in [-0.15, -0.1) is 11.8 Å². The molecule has 0 aliphatic carbocycles. The normalized spacial score (nSPS) is 22.7. The van der Waals surface area contributed by atoms with Crippen molar-refractivity contribution in [3.63, 3.8) is 0 Å². The van der Waals surface area contributed by atoms with Gasteiger partial charge in [0.15, 0.2) is 0 Å². The highest BCUT2D eigenvalue weighted by Gasteiger charge is 2.22. The van der Waals surface area contributed by atoms with Gasteiger partial charge in [-0.05, 0) is 37.4 Å². The molecule has 1 amide bonds. The maximum atomic E-state index is 11.6. The molecule has 0 spiro atoms. The molecule has 1 aliphatic heterocycles. The lowest BCUT2D eigenvalue weighted by atomic mass is 10.1. The SMILES string of the molecule is CC(CO)CCCNC(=O)C1CCCS1. The second-order valence-corrected chi connectivity index (χ2v) is 5.53. The van der Waals surface area contributed by atoms with E-state index < -0.39 is 0 Å². The number of carbonyl (C=O) groups is 1. The van der Waals surface area contributed by atoms with Crippen molar-refractivity contribution >= 4 is 17.7 Å². The smallest absolute Gasteiger partial charge is 0.233 e. The van der Waals surface area contributed by atoms with Crippen molar-refractivity contribution < 1.29 is 9.90 Å². The molecule has 2 unspecified atom stereocenters. The Kier molecular flexibility index (Phi) is 6.10. The van der Waals surface area contributed by atoms with E-state index in [4.69, 9.17) is 5.11 Å². The molecule has 4 heteroatoms. The average Bonchev–Trinajstić information content (AvgIpc) is 2.77. The fraction of sp³-hybridized carbons (Fsp3) is 0.909. The number of hydrogen-bond acceptors (Lipinski definition) is 3. The fourth-order valence-corrected chi connectivity index (χ4v) is 2.84. The number of thioether (sulfide) groups is 1. The monoisotopic (exact) mass is 231 g/mol. The van der Waals surface area contributed by atoms with E-state index in [0.29, 0.717) is 5.92 Å². The predicted octanol–water partition coefficient (Wildman–Crippen LogP) is 1.41. The number of nitrogens with one attached hydrogen (secondary N) is 1. The first-order chi connectivity index (χ1) is 7.24. The van der Waals surface area contributed by atoms with Gasteiger partial charge in [-0.1, -0.05) is 6.92 Å². The first-order valence-electron chi connectivity index (χ1n) is 5.74. The summed E-state index contributed by atoms with van der Waals surface area (Å²) in [5.74, 6) is 1.68. The van der Waals surface area contributed by atoms with Crippen LogP contribution in [0.15, 0.2) is 0 Å². The van der Waals surface area contributed by atoms with E-state index in [1.807, 2.05) is 6.92 Å². The zero-order valence-corrected chi connectivity index (χ0v) is 10.2. The second kappa shape index (κ2) is 7.12. The fourth-order valence-electron chi connectivity index (χ4n) is 1.65. The Labute approximate surface area is 96.0 Å². The quantitative estimate of drug-likeness (QED) is 0.680. The van der Waals surface area contributed by atoms with Crippen LogP contribution < -0.4 is 5.32 Å². The number of amides is 1. The van der Waals surface area contributed by atoms with Gasteiger partial charge >= 0.3 is 0 Å². The second-order valence-electron chi connectivity index (χ2n) is 4.22. The van der Waals surface area contributed by atoms with Gasteiger partial charge in [0.2, 0.25) is 5.91 Å². The predicted molar refractivity (Wildman–Crippen MR) is 64.0 cm³/mol. The van der Waals surface area contributed by atoms with Crippen LogP contribution in [0.3, 0.4) is 0 Å². The molecule has 1 fully saturated rings. The van der Waals surface area contributed by atoms with Crippen LogP contribution in [0.2, 0.25) is 0 Å². The summed E-state index contributed by atoms with van der Waals surface area (Å²) < 4.78 is 0. The Hall–Kier alpha value is -0.220. The van der Waals surface area contributed by atoms with Crippen LogP contribution in [0, 0.1) is 5.92 Å². The van der Waals surface area contributed by atoms with Gasteiger partial charge in [-0.25, -0.2) is 0 Å². The number of carbonyl (C=O) groups excluding carboxylic acids is 1. The average molecular weight is 231 g/mol. The summed E-state index contributed by atoms with van der Waals surface area (Å²) in [5.41, 5.74) is 0. The first-order valence-corrected chi connectivity index (χ1v) is 6.79. The molecule has 2 atom stereocenters. The molecule has 0 radical (unpaired) electrons. The lowest BCUT2D eigenvalue weighted by Gasteiger charge is -2.11. The summed E-state index contributed by atoms with van der Waals surface area (Å²) in [6.07, 6.45) is 4.15. The Morgan fingerprint density at radius 2 is 2.47 bits per heavy atom. The van der Waals surface area contributed by atoms with Crippen LogP contribution in [0.1, 0.15) is 32.6 Å². The molecule has 0 saturated carbocycles. The maximum absolute atomic E-state index is 11.6. The lowest BCUT2D eigenvalue weighted by Crippen LogP contribution is -2.32. The Balaban J connectivity index is 2.01. The molecular weight excluding hydrogens is 210 g/mol. The highest BCUT2D eigenvalue weighted by Crippen LogP contribution is 2.25. The molecule has 1 saturated heterocycles. The maximum Gasteiger partial charge on any atom is 0.233 e. The minimum Gasteiger partial charge on any atom is -0.396 e. The first kappa shape index (κ1) is 12.8. The van der Waals surface area contributed by atoms with E-state index >= 15 is 0 Å². The van der Waals surface area contributed by atoms with Crippen molar-refractivity contribution in [1.29, 1.82) is 0 Å². The zero-order valence-electron chi connectivity index (χ0n) is 9.37. The molecule has 1 aliphatic rings. The van der Waals surface area contributed by atoms with Gasteiger partial charge in [0.25, 0.3) is 0 Å². The van der Waals surface area contributed by atoms with Crippen molar-refractivity contribution in [2.45, 2.75) is 37.9 Å². The lowest BCUT2D eigenvalue weighted by molar-refractivity contribution is -0.120. The van der Waals surface area contributed by atoms with Crippen LogP contribution in [0.25, 0.3) is 0 Å². The molecule has 3 nitrogen and oxygen atoms in total. The van der Waals surface area contributed by atoms with Gasteiger partial charge in [0.1, 0.15) is 0 Å². The third-order valence-corrected chi connectivity index (χ3v) is 4.08. The van der Waals surface area contributed by atoms with E-state index in [1.165, 1.54) is 6.42 Å². The van der Waals surface area contributed by atoms with E-state index in [0.717, 1.165) is 31.6 Å². The number of aliphatic hydroxyl groups is 1. The highest BCUT2D eigenvalue weighted by atomic mass is 32.2. The van der Waals surface area contributed by atoms with Crippen molar-refractivity contribution in [3.05, 3.63) is 0 Å². The van der Waals surface area contributed by atoms with Gasteiger partial charge in [0.05, 0.1) is 5.25 Å². The zero-order chi connectivity index (χ0) is 11.1. The van der Waals surface area contributed by atoms with Crippen molar-refractivity contribution in [3.8, 4) is 0 Å². The highest BCUT2D eigenvalue weighted by molar-refractivity contribution is 8.00. The summed E-state index contributed by atoms with van der Waals surface area (Å²) in [6, 6.07) is 0. The summed E-state index contributed by atoms with van der Waals surface area (Å²) >= 11 is 1.77. The van der Waals surface area contributed by atoms with Crippen LogP contribution >= 0.6 is 11.8 Å². The third-order valence-electron chi connectivity index (χ3n) is 2.71. The van der Waals surface area contributed by atoms with Crippen molar-refractivity contribution in [2.75, 3.05) is 18.9 Å². The Bertz CT molecular complexity index is 193. The van der Waals surface area contributed by atoms with Gasteiger partial charge in [-0.3, -0.25) is 4.79 Å². The van der Waals surface area contributed by atoms with E-state index in [1.54, 1.807) is 11.8 Å². The third kappa shape index (κ3) is 4.89. The van der Waals surface area contributed by atoms with E-state index in [9.17, 15) is 4.79 Å². The van der Waals surface area contributed by atoms with Crippen LogP contribution in [0.5, 0.6) is 0 Å². The molecule has 2 N–H and O–H groups in total. The van der Waals surface area contributed by atoms with Crippen LogP contribution in [0.4, 0.5) is 0 Å². The largest absolute Gasteiger partial charge is 0.396 e. The summed E-state index contributed by atoms with van der Waals surface area (Å²) in [6.45, 7) is 3.02. The van der Waals surface area contributed by atoms with Gasteiger partial charge in [0, 0.05) is 13.2 Å². The minimum atomic E-state index is 0.195. The molecule has 0 aromatic rings. The summed E-state index contributed by atoms with van der Waals surface area (Å²) in [7, 11) is 0. The molecule has 15 heavy (non-hydrogen) atoms. The molecule has 0 aromatic carbocycles. The standard InChI is InChI=1S/C11H21NO2S/c1-9(8-13)4-2-6-12-11(14)10-5-3-7-15-10/h9-10,13H,2-8H2,1H3,(H,12,14). The summed E-state index contributed by atoms with van der Waals surface area (Å²) in [4.78, 5) is 11.6. The Morgan fingerprint density at radius 3 is 3.07 bits per heavy atom. The van der Waals surface area contributed by atoms with Crippen LogP contribution in [-0.4, -0.2) is 35.2 Å². The number of hydrogen-bond donors (Lipinski definition) is 2. The molecule has 88 valence electrons. The van der Waals surface area contributed by atoms with Gasteiger partial charge < -0.3 is 10.4 Å².